The Bertz CT molecular complexity index is 1060. The molecule has 0 aromatic heterocycles. The second kappa shape index (κ2) is 13.0. The van der Waals surface area contributed by atoms with E-state index in [4.69, 9.17) is 28.2 Å². The largest absolute Gasteiger partial charge is 0.480 e. The molecule has 0 aliphatic carbocycles. The van der Waals surface area contributed by atoms with Gasteiger partial charge in [0.25, 0.3) is 0 Å². The molecule has 1 unspecified atom stereocenters. The number of nitrogens with two attached hydrogens (primary N) is 2. The summed E-state index contributed by atoms with van der Waals surface area (Å²) < 4.78 is 0. The van der Waals surface area contributed by atoms with Crippen molar-refractivity contribution in [3.63, 3.8) is 0 Å². The summed E-state index contributed by atoms with van der Waals surface area (Å²) in [5.74, 6) is -3.99. The minimum Gasteiger partial charge on any atom is -0.480 e. The normalized spacial score (nSPS) is 15.6. The van der Waals surface area contributed by atoms with Gasteiger partial charge >= 0.3 is 5.97 Å². The summed E-state index contributed by atoms with van der Waals surface area (Å²) >= 11 is 6.17. The van der Waals surface area contributed by atoms with Crippen molar-refractivity contribution in [3.05, 3.63) is 59.1 Å². The monoisotopic (exact) mass is 502 g/mol. The highest BCUT2D eigenvalue weighted by molar-refractivity contribution is 6.40. The fourth-order valence-corrected chi connectivity index (χ4v) is 3.95. The van der Waals surface area contributed by atoms with Gasteiger partial charge in [0.1, 0.15) is 6.04 Å². The number of carboxylic acid groups (broad SMARTS) is 1. The molecule has 188 valence electrons. The molecule has 2 aromatic carbocycles. The molecule has 0 bridgehead atoms. The number of anilines is 2. The summed E-state index contributed by atoms with van der Waals surface area (Å²) in [6.45, 7) is 2.75. The second-order valence-corrected chi connectivity index (χ2v) is 8.38. The smallest absolute Gasteiger partial charge is 0.320 e. The fourth-order valence-electron chi connectivity index (χ4n) is 3.68. The summed E-state index contributed by atoms with van der Waals surface area (Å²) in [7, 11) is 1.54. The number of fused-ring (bicyclic) bond motifs is 1. The highest BCUT2D eigenvalue weighted by atomic mass is 35.5. The number of amides is 2. The fraction of sp³-hybridized carbons (Fsp3) is 0.360. The van der Waals surface area contributed by atoms with Crippen LogP contribution in [0.2, 0.25) is 5.02 Å². The summed E-state index contributed by atoms with van der Waals surface area (Å²) in [4.78, 5) is 51.6. The molecule has 2 atom stereocenters. The molecule has 1 aliphatic heterocycles. The van der Waals surface area contributed by atoms with Crippen LogP contribution in [-0.2, 0) is 14.4 Å². The quantitative estimate of drug-likeness (QED) is 0.371. The Kier molecular flexibility index (Phi) is 10.4. The lowest BCUT2D eigenvalue weighted by atomic mass is 9.89. The average Bonchev–Trinajstić information content (AvgIpc) is 2.84. The lowest BCUT2D eigenvalue weighted by molar-refractivity contribution is -0.138. The third-order valence-corrected chi connectivity index (χ3v) is 5.94. The molecule has 9 nitrogen and oxygen atoms in total. The maximum absolute atomic E-state index is 13.0. The number of hydrogen-bond donors (Lipinski definition) is 3. The van der Waals surface area contributed by atoms with E-state index in [9.17, 15) is 19.2 Å². The minimum absolute atomic E-state index is 0.216. The van der Waals surface area contributed by atoms with Crippen molar-refractivity contribution >= 4 is 46.5 Å². The molecule has 1 heterocycles. The Hall–Kier alpha value is -3.27. The van der Waals surface area contributed by atoms with E-state index in [2.05, 4.69) is 0 Å². The zero-order valence-electron chi connectivity index (χ0n) is 19.8. The van der Waals surface area contributed by atoms with E-state index in [1.807, 2.05) is 6.07 Å². The van der Waals surface area contributed by atoms with Crippen LogP contribution in [0.3, 0.4) is 0 Å². The Balaban J connectivity index is 0.000000367. The topological polar surface area (TPSA) is 147 Å². The van der Waals surface area contributed by atoms with Crippen molar-refractivity contribution in [2.75, 3.05) is 29.9 Å². The molecule has 3 rings (SSSR count). The SMILES string of the molecule is CCN(C(=O)C1C(=O)c2c(Cl)cccc2N(C)C1=O)c1ccccc1.NCCCC[C@H](N)C(=O)O. The Labute approximate surface area is 209 Å². The van der Waals surface area contributed by atoms with E-state index < -0.39 is 35.5 Å². The highest BCUT2D eigenvalue weighted by Gasteiger charge is 2.45. The van der Waals surface area contributed by atoms with Crippen LogP contribution in [0, 0.1) is 5.92 Å². The molecule has 35 heavy (non-hydrogen) atoms. The van der Waals surface area contributed by atoms with Gasteiger partial charge in [0, 0.05) is 19.3 Å². The summed E-state index contributed by atoms with van der Waals surface area (Å²) in [6.07, 6.45) is 2.16. The van der Waals surface area contributed by atoms with Gasteiger partial charge in [-0.25, -0.2) is 0 Å². The number of Topliss-reactive ketones (excluding diaryl/α,β-unsaturated/α-hetero) is 1. The van der Waals surface area contributed by atoms with E-state index in [1.54, 1.807) is 56.4 Å². The van der Waals surface area contributed by atoms with Crippen molar-refractivity contribution in [1.29, 1.82) is 0 Å². The van der Waals surface area contributed by atoms with E-state index in [1.165, 1.54) is 9.80 Å². The number of hydrogen-bond acceptors (Lipinski definition) is 6. The van der Waals surface area contributed by atoms with Crippen LogP contribution in [0.5, 0.6) is 0 Å². The molecule has 2 aromatic rings. The first-order valence-electron chi connectivity index (χ1n) is 11.3. The number of ketones is 1. The summed E-state index contributed by atoms with van der Waals surface area (Å²) in [5.41, 5.74) is 11.7. The number of carbonyl (C=O) groups excluding carboxylic acids is 3. The lowest BCUT2D eigenvalue weighted by Crippen LogP contribution is -2.51. The number of benzene rings is 2. The van der Waals surface area contributed by atoms with Gasteiger partial charge in [-0.05, 0) is 50.6 Å². The molecular formula is C25H31ClN4O5. The Morgan fingerprint density at radius 1 is 1.11 bits per heavy atom. The molecule has 0 saturated heterocycles. The zero-order chi connectivity index (χ0) is 26.1. The van der Waals surface area contributed by atoms with Gasteiger partial charge in [-0.1, -0.05) is 42.3 Å². The van der Waals surface area contributed by atoms with Crippen LogP contribution in [0.15, 0.2) is 48.5 Å². The lowest BCUT2D eigenvalue weighted by Gasteiger charge is -2.33. The van der Waals surface area contributed by atoms with Crippen LogP contribution < -0.4 is 21.3 Å². The Morgan fingerprint density at radius 2 is 1.77 bits per heavy atom. The number of aliphatic carboxylic acids is 1. The molecule has 10 heteroatoms. The molecule has 0 saturated carbocycles. The van der Waals surface area contributed by atoms with Gasteiger partial charge in [-0.3, -0.25) is 19.2 Å². The van der Waals surface area contributed by atoms with Gasteiger partial charge in [0.2, 0.25) is 11.8 Å². The number of carboxylic acids is 1. The predicted octanol–water partition coefficient (Wildman–Crippen LogP) is 2.70. The molecule has 1 aliphatic rings. The van der Waals surface area contributed by atoms with Crippen LogP contribution >= 0.6 is 11.6 Å². The number of carbonyl (C=O) groups is 4. The predicted molar refractivity (Wildman–Crippen MR) is 136 cm³/mol. The highest BCUT2D eigenvalue weighted by Crippen LogP contribution is 2.35. The maximum atomic E-state index is 13.0. The number of nitrogens with zero attached hydrogens (tertiary/aromatic N) is 2. The summed E-state index contributed by atoms with van der Waals surface area (Å²) in [6, 6.07) is 13.2. The molecule has 5 N–H and O–H groups in total. The number of unbranched alkanes of at least 4 members (excludes halogenated alkanes) is 1. The molecule has 0 radical (unpaired) electrons. The molecular weight excluding hydrogens is 472 g/mol. The van der Waals surface area contributed by atoms with Gasteiger partial charge in [0.05, 0.1) is 16.3 Å². The second-order valence-electron chi connectivity index (χ2n) is 7.98. The summed E-state index contributed by atoms with van der Waals surface area (Å²) in [5, 5.41) is 8.56. The van der Waals surface area contributed by atoms with Crippen molar-refractivity contribution in [1.82, 2.24) is 0 Å². The number of para-hydroxylation sites is 1. The van der Waals surface area contributed by atoms with E-state index in [0.717, 1.165) is 12.8 Å². The van der Waals surface area contributed by atoms with Gasteiger partial charge in [-0.15, -0.1) is 0 Å². The molecule has 0 fully saturated rings. The van der Waals surface area contributed by atoms with Gasteiger partial charge < -0.3 is 26.4 Å². The van der Waals surface area contributed by atoms with Crippen LogP contribution in [-0.4, -0.2) is 54.9 Å². The Morgan fingerprint density at radius 3 is 2.34 bits per heavy atom. The molecule has 0 spiro atoms. The number of halogens is 1. The maximum Gasteiger partial charge on any atom is 0.320 e. The molecule has 2 amide bonds. The van der Waals surface area contributed by atoms with Gasteiger partial charge in [0.15, 0.2) is 11.7 Å². The van der Waals surface area contributed by atoms with Crippen molar-refractivity contribution < 1.29 is 24.3 Å². The average molecular weight is 503 g/mol. The first-order chi connectivity index (χ1) is 16.6. The van der Waals surface area contributed by atoms with E-state index in [-0.39, 0.29) is 10.6 Å². The van der Waals surface area contributed by atoms with Gasteiger partial charge in [-0.2, -0.15) is 0 Å². The van der Waals surface area contributed by atoms with Crippen LogP contribution in [0.25, 0.3) is 0 Å². The number of rotatable bonds is 8. The van der Waals surface area contributed by atoms with Crippen LogP contribution in [0.1, 0.15) is 36.5 Å². The standard InChI is InChI=1S/C19H17ClN2O3.C6H14N2O2/c1-3-22(12-8-5-4-6-9-12)19(25)16-17(23)15-13(20)10-7-11-14(15)21(2)18(16)24;7-4-2-1-3-5(8)6(9)10/h4-11,16H,3H2,1-2H3;5H,1-4,7-8H2,(H,9,10)/t;5-/m.0/s1. The third-order valence-electron chi connectivity index (χ3n) is 5.62. The van der Waals surface area contributed by atoms with E-state index in [0.29, 0.717) is 30.9 Å². The van der Waals surface area contributed by atoms with Crippen molar-refractivity contribution in [2.45, 2.75) is 32.2 Å². The first kappa shape index (κ1) is 28.0. The van der Waals surface area contributed by atoms with E-state index >= 15 is 0 Å². The van der Waals surface area contributed by atoms with Crippen molar-refractivity contribution in [2.24, 2.45) is 17.4 Å². The van der Waals surface area contributed by atoms with Crippen LogP contribution in [0.4, 0.5) is 11.4 Å². The van der Waals surface area contributed by atoms with Crippen molar-refractivity contribution in [3.8, 4) is 0 Å². The third kappa shape index (κ3) is 6.66. The first-order valence-corrected chi connectivity index (χ1v) is 11.7. The minimum atomic E-state index is -1.42. The zero-order valence-corrected chi connectivity index (χ0v) is 20.6.